The minimum absolute atomic E-state index is 0.0104. The zero-order valence-electron chi connectivity index (χ0n) is 17.8. The summed E-state index contributed by atoms with van der Waals surface area (Å²) in [7, 11) is 0. The molecule has 12 heteroatoms. The number of nitriles is 3. The van der Waals surface area contributed by atoms with Crippen LogP contribution in [0.1, 0.15) is 46.0 Å². The first-order valence-electron chi connectivity index (χ1n) is 9.78. The second-order valence-corrected chi connectivity index (χ2v) is 7.73. The molecule has 31 heavy (non-hydrogen) atoms. The monoisotopic (exact) mass is 433 g/mol. The van der Waals surface area contributed by atoms with Gasteiger partial charge in [0.25, 0.3) is 0 Å². The Bertz CT molecular complexity index is 776. The van der Waals surface area contributed by atoms with Crippen LogP contribution in [-0.2, 0) is 0 Å². The van der Waals surface area contributed by atoms with E-state index in [2.05, 4.69) is 33.7 Å². The quantitative estimate of drug-likeness (QED) is 0.106. The molecule has 6 atom stereocenters. The van der Waals surface area contributed by atoms with Crippen LogP contribution in [0, 0.1) is 69.5 Å². The van der Waals surface area contributed by atoms with Crippen molar-refractivity contribution >= 4 is 17.5 Å². The third kappa shape index (κ3) is 9.55. The molecule has 0 heterocycles. The molecule has 0 aromatic carbocycles. The number of oxime groups is 3. The molecule has 0 spiro atoms. The Kier molecular flexibility index (Phi) is 12.6. The van der Waals surface area contributed by atoms with Gasteiger partial charge in [0.2, 0.25) is 0 Å². The molecule has 0 radical (unpaired) electrons. The van der Waals surface area contributed by atoms with Gasteiger partial charge in [-0.25, -0.2) is 0 Å². The van der Waals surface area contributed by atoms with Gasteiger partial charge in [0.1, 0.15) is 17.5 Å². The topological polar surface area (TPSA) is 247 Å². The maximum absolute atomic E-state index is 9.64. The molecule has 0 aliphatic heterocycles. The van der Waals surface area contributed by atoms with Crippen molar-refractivity contribution in [3.8, 4) is 18.2 Å². The summed E-state index contributed by atoms with van der Waals surface area (Å²) in [5, 5.41) is 64.2. The van der Waals surface area contributed by atoms with E-state index < -0.39 is 23.7 Å². The SMILES string of the molecule is CC(C#N)CC(CC(C#N)CC(CC(C#N)CC(C)C(N)=NO)/C(N)=N/O)C(N)=NO. The second-order valence-electron chi connectivity index (χ2n) is 7.73. The number of rotatable bonds is 13. The molecule has 0 amide bonds. The molecular weight excluding hydrogens is 402 g/mol. The zero-order valence-corrected chi connectivity index (χ0v) is 17.8. The first kappa shape index (κ1) is 27.3. The third-order valence-corrected chi connectivity index (χ3v) is 5.26. The molecule has 0 aromatic rings. The average Bonchev–Trinajstić information content (AvgIpc) is 2.79. The highest BCUT2D eigenvalue weighted by molar-refractivity contribution is 5.83. The molecule has 0 bridgehead atoms. The van der Waals surface area contributed by atoms with Crippen LogP contribution < -0.4 is 17.2 Å². The molecular formula is C19H31N9O3. The van der Waals surface area contributed by atoms with Gasteiger partial charge in [-0.2, -0.15) is 15.8 Å². The molecule has 12 nitrogen and oxygen atoms in total. The van der Waals surface area contributed by atoms with Gasteiger partial charge in [0.15, 0.2) is 0 Å². The van der Waals surface area contributed by atoms with E-state index >= 15 is 0 Å². The first-order valence-corrected chi connectivity index (χ1v) is 9.78. The van der Waals surface area contributed by atoms with Crippen molar-refractivity contribution in [1.29, 1.82) is 15.8 Å². The molecule has 0 rings (SSSR count). The number of nitrogens with zero attached hydrogens (tertiary/aromatic N) is 6. The van der Waals surface area contributed by atoms with Gasteiger partial charge in [0, 0.05) is 35.5 Å². The Morgan fingerprint density at radius 1 is 0.677 bits per heavy atom. The van der Waals surface area contributed by atoms with Crippen molar-refractivity contribution in [2.24, 2.45) is 68.2 Å². The fourth-order valence-corrected chi connectivity index (χ4v) is 3.40. The minimum Gasteiger partial charge on any atom is -0.409 e. The van der Waals surface area contributed by atoms with E-state index in [0.29, 0.717) is 6.42 Å². The van der Waals surface area contributed by atoms with E-state index in [4.69, 9.17) is 38.1 Å². The lowest BCUT2D eigenvalue weighted by atomic mass is 9.79. The Morgan fingerprint density at radius 2 is 1.06 bits per heavy atom. The van der Waals surface area contributed by atoms with Crippen LogP contribution in [0.5, 0.6) is 0 Å². The summed E-state index contributed by atoms with van der Waals surface area (Å²) in [6, 6.07) is 6.37. The number of amidine groups is 3. The number of nitrogens with two attached hydrogens (primary N) is 3. The summed E-state index contributed by atoms with van der Waals surface area (Å²) in [5.41, 5.74) is 17.1. The minimum atomic E-state index is -0.623. The highest BCUT2D eigenvalue weighted by Crippen LogP contribution is 2.29. The molecule has 9 N–H and O–H groups in total. The van der Waals surface area contributed by atoms with Crippen molar-refractivity contribution < 1.29 is 15.6 Å². The molecule has 0 aliphatic carbocycles. The maximum Gasteiger partial charge on any atom is 0.142 e. The number of hydrogen-bond acceptors (Lipinski definition) is 9. The van der Waals surface area contributed by atoms with Crippen molar-refractivity contribution in [3.63, 3.8) is 0 Å². The summed E-state index contributed by atoms with van der Waals surface area (Å²) < 4.78 is 0. The van der Waals surface area contributed by atoms with Gasteiger partial charge in [-0.1, -0.05) is 22.4 Å². The smallest absolute Gasteiger partial charge is 0.142 e. The van der Waals surface area contributed by atoms with Crippen LogP contribution in [0.3, 0.4) is 0 Å². The first-order chi connectivity index (χ1) is 14.7. The summed E-state index contributed by atoms with van der Waals surface area (Å²) in [6.45, 7) is 3.40. The van der Waals surface area contributed by atoms with Gasteiger partial charge < -0.3 is 32.8 Å². The highest BCUT2D eigenvalue weighted by Gasteiger charge is 2.29. The molecule has 0 aliphatic rings. The second kappa shape index (κ2) is 14.3. The van der Waals surface area contributed by atoms with Crippen LogP contribution in [0.25, 0.3) is 0 Å². The van der Waals surface area contributed by atoms with Crippen LogP contribution in [0.15, 0.2) is 15.5 Å². The van der Waals surface area contributed by atoms with E-state index in [1.54, 1.807) is 13.8 Å². The predicted molar refractivity (Wildman–Crippen MR) is 112 cm³/mol. The molecule has 0 fully saturated rings. The van der Waals surface area contributed by atoms with E-state index in [0.717, 1.165) is 0 Å². The Balaban J connectivity index is 5.49. The fourth-order valence-electron chi connectivity index (χ4n) is 3.40. The van der Waals surface area contributed by atoms with Crippen LogP contribution in [-0.4, -0.2) is 33.1 Å². The molecule has 0 saturated heterocycles. The molecule has 0 aromatic heterocycles. The van der Waals surface area contributed by atoms with Gasteiger partial charge in [-0.15, -0.1) is 0 Å². The third-order valence-electron chi connectivity index (χ3n) is 5.26. The number of hydrogen-bond donors (Lipinski definition) is 6. The summed E-state index contributed by atoms with van der Waals surface area (Å²) in [6.07, 6.45) is 1.14. The summed E-state index contributed by atoms with van der Waals surface area (Å²) >= 11 is 0. The van der Waals surface area contributed by atoms with E-state index in [9.17, 15) is 10.5 Å². The normalized spacial score (nSPS) is 18.5. The van der Waals surface area contributed by atoms with Crippen molar-refractivity contribution in [2.75, 3.05) is 0 Å². The lowest BCUT2D eigenvalue weighted by molar-refractivity contribution is 0.300. The standard InChI is InChI=1S/C19H31N9O3/c1-11(8-20)3-15(18(24)27-30)6-14(10-22)7-16(19(25)28-31)5-13(9-21)4-12(2)17(23)26-29/h11-16,29-31H,3-7H2,1-2H3,(H2,23,26)(H2,24,27)(H2,25,28). The van der Waals surface area contributed by atoms with Gasteiger partial charge in [-0.3, -0.25) is 0 Å². The lowest BCUT2D eigenvalue weighted by Gasteiger charge is -2.24. The Morgan fingerprint density at radius 3 is 1.42 bits per heavy atom. The summed E-state index contributed by atoms with van der Waals surface area (Å²) in [5.74, 6) is -3.23. The molecule has 6 unspecified atom stereocenters. The molecule has 0 saturated carbocycles. The fraction of sp³-hybridized carbons (Fsp3) is 0.684. The van der Waals surface area contributed by atoms with Crippen LogP contribution in [0.2, 0.25) is 0 Å². The van der Waals surface area contributed by atoms with Gasteiger partial charge >= 0.3 is 0 Å². The Hall–Kier alpha value is -3.72. The van der Waals surface area contributed by atoms with Crippen LogP contribution in [0.4, 0.5) is 0 Å². The predicted octanol–water partition coefficient (Wildman–Crippen LogP) is 1.48. The Labute approximate surface area is 181 Å². The lowest BCUT2D eigenvalue weighted by Crippen LogP contribution is -2.31. The van der Waals surface area contributed by atoms with E-state index in [1.165, 1.54) is 0 Å². The van der Waals surface area contributed by atoms with Crippen molar-refractivity contribution in [1.82, 2.24) is 0 Å². The van der Waals surface area contributed by atoms with Crippen LogP contribution >= 0.6 is 0 Å². The van der Waals surface area contributed by atoms with Crippen molar-refractivity contribution in [2.45, 2.75) is 46.0 Å². The maximum atomic E-state index is 9.64. The van der Waals surface area contributed by atoms with Gasteiger partial charge in [0.05, 0.1) is 18.2 Å². The van der Waals surface area contributed by atoms with Gasteiger partial charge in [-0.05, 0) is 39.0 Å². The van der Waals surface area contributed by atoms with E-state index in [-0.39, 0.29) is 55.0 Å². The zero-order chi connectivity index (χ0) is 24.0. The highest BCUT2D eigenvalue weighted by atomic mass is 16.4. The van der Waals surface area contributed by atoms with Crippen molar-refractivity contribution in [3.05, 3.63) is 0 Å². The summed E-state index contributed by atoms with van der Waals surface area (Å²) in [4.78, 5) is 0. The molecule has 170 valence electrons. The largest absolute Gasteiger partial charge is 0.409 e. The average molecular weight is 434 g/mol. The van der Waals surface area contributed by atoms with E-state index in [1.807, 2.05) is 0 Å².